The van der Waals surface area contributed by atoms with Gasteiger partial charge in [-0.2, -0.15) is 0 Å². The SMILES string of the molecule is CSc1nc(N)c2[nH]cnc2n1.Cl. The third-order valence-electron chi connectivity index (χ3n) is 1.48. The molecule has 0 saturated carbocycles. The summed E-state index contributed by atoms with van der Waals surface area (Å²) in [5.41, 5.74) is 6.96. The highest BCUT2D eigenvalue weighted by Crippen LogP contribution is 2.17. The van der Waals surface area contributed by atoms with Gasteiger partial charge in [0.2, 0.25) is 0 Å². The number of anilines is 1. The van der Waals surface area contributed by atoms with E-state index in [1.54, 1.807) is 6.33 Å². The van der Waals surface area contributed by atoms with Gasteiger partial charge in [0.05, 0.1) is 6.33 Å². The van der Waals surface area contributed by atoms with Crippen molar-refractivity contribution in [3.05, 3.63) is 6.33 Å². The number of nitrogens with one attached hydrogen (secondary N) is 1. The minimum atomic E-state index is 0. The summed E-state index contributed by atoms with van der Waals surface area (Å²) in [6, 6.07) is 0. The normalized spacial score (nSPS) is 9.92. The zero-order chi connectivity index (χ0) is 8.55. The first-order chi connectivity index (χ1) is 5.81. The largest absolute Gasteiger partial charge is 0.382 e. The second-order valence-electron chi connectivity index (χ2n) is 2.20. The molecule has 0 saturated heterocycles. The standard InChI is InChI=1S/C6H7N5S.ClH/c1-12-6-10-4(7)3-5(11-6)9-2-8-3;/h2H,1H3,(H3,7,8,9,10,11);1H. The average Bonchev–Trinajstić information content (AvgIpc) is 2.52. The maximum absolute atomic E-state index is 5.64. The molecule has 2 aromatic rings. The average molecular weight is 218 g/mol. The number of thioether (sulfide) groups is 1. The molecular weight excluding hydrogens is 210 g/mol. The number of imidazole rings is 1. The van der Waals surface area contributed by atoms with E-state index in [1.165, 1.54) is 11.8 Å². The van der Waals surface area contributed by atoms with Gasteiger partial charge in [-0.15, -0.1) is 12.4 Å². The van der Waals surface area contributed by atoms with Crippen molar-refractivity contribution >= 4 is 41.2 Å². The van der Waals surface area contributed by atoms with Crippen LogP contribution in [0.5, 0.6) is 0 Å². The number of H-pyrrole nitrogens is 1. The van der Waals surface area contributed by atoms with Crippen molar-refractivity contribution in [3.8, 4) is 0 Å². The second-order valence-corrected chi connectivity index (χ2v) is 2.97. The van der Waals surface area contributed by atoms with Gasteiger partial charge in [-0.3, -0.25) is 0 Å². The molecule has 0 aromatic carbocycles. The van der Waals surface area contributed by atoms with Crippen LogP contribution in [0.3, 0.4) is 0 Å². The molecule has 0 bridgehead atoms. The summed E-state index contributed by atoms with van der Waals surface area (Å²) in [6.07, 6.45) is 3.45. The molecule has 0 spiro atoms. The van der Waals surface area contributed by atoms with Gasteiger partial charge >= 0.3 is 0 Å². The van der Waals surface area contributed by atoms with Gasteiger partial charge in [-0.05, 0) is 6.26 Å². The summed E-state index contributed by atoms with van der Waals surface area (Å²) in [4.78, 5) is 15.1. The van der Waals surface area contributed by atoms with E-state index >= 15 is 0 Å². The van der Waals surface area contributed by atoms with E-state index in [0.29, 0.717) is 22.1 Å². The molecule has 70 valence electrons. The summed E-state index contributed by atoms with van der Waals surface area (Å²) < 4.78 is 0. The van der Waals surface area contributed by atoms with E-state index in [9.17, 15) is 0 Å². The van der Waals surface area contributed by atoms with Crippen molar-refractivity contribution in [1.29, 1.82) is 0 Å². The van der Waals surface area contributed by atoms with E-state index in [4.69, 9.17) is 5.73 Å². The molecule has 0 unspecified atom stereocenters. The van der Waals surface area contributed by atoms with Crippen LogP contribution in [0.4, 0.5) is 5.82 Å². The number of nitrogen functional groups attached to an aromatic ring is 1. The fourth-order valence-electron chi connectivity index (χ4n) is 0.926. The molecule has 2 rings (SSSR count). The zero-order valence-electron chi connectivity index (χ0n) is 6.81. The number of aromatic amines is 1. The smallest absolute Gasteiger partial charge is 0.191 e. The van der Waals surface area contributed by atoms with E-state index in [1.807, 2.05) is 6.26 Å². The summed E-state index contributed by atoms with van der Waals surface area (Å²) in [7, 11) is 0. The predicted octanol–water partition coefficient (Wildman–Crippen LogP) is 1.08. The number of rotatable bonds is 1. The summed E-state index contributed by atoms with van der Waals surface area (Å²) >= 11 is 1.45. The quantitative estimate of drug-likeness (QED) is 0.552. The molecular formula is C6H8ClN5S. The third-order valence-corrected chi connectivity index (χ3v) is 2.02. The van der Waals surface area contributed by atoms with Crippen LogP contribution < -0.4 is 5.73 Å². The van der Waals surface area contributed by atoms with Gasteiger partial charge in [0.15, 0.2) is 16.6 Å². The first-order valence-corrected chi connectivity index (χ1v) is 4.54. The molecule has 0 amide bonds. The van der Waals surface area contributed by atoms with Gasteiger partial charge in [0.25, 0.3) is 0 Å². The molecule has 0 aliphatic rings. The van der Waals surface area contributed by atoms with Crippen LogP contribution in [0.1, 0.15) is 0 Å². The van der Waals surface area contributed by atoms with Crippen LogP contribution in [0.2, 0.25) is 0 Å². The van der Waals surface area contributed by atoms with Crippen molar-refractivity contribution in [2.24, 2.45) is 0 Å². The van der Waals surface area contributed by atoms with Crippen molar-refractivity contribution in [1.82, 2.24) is 19.9 Å². The van der Waals surface area contributed by atoms with Gasteiger partial charge < -0.3 is 10.7 Å². The Morgan fingerprint density at radius 3 is 2.92 bits per heavy atom. The van der Waals surface area contributed by atoms with E-state index in [-0.39, 0.29) is 12.4 Å². The van der Waals surface area contributed by atoms with Crippen LogP contribution in [-0.2, 0) is 0 Å². The van der Waals surface area contributed by atoms with Crippen LogP contribution >= 0.6 is 24.2 Å². The minimum absolute atomic E-state index is 0. The summed E-state index contributed by atoms with van der Waals surface area (Å²) in [6.45, 7) is 0. The highest BCUT2D eigenvalue weighted by atomic mass is 35.5. The Balaban J connectivity index is 0.000000845. The Kier molecular flexibility index (Phi) is 2.94. The molecule has 0 aliphatic heterocycles. The molecule has 3 N–H and O–H groups in total. The number of hydrogen-bond donors (Lipinski definition) is 2. The topological polar surface area (TPSA) is 80.5 Å². The number of aromatic nitrogens is 4. The Labute approximate surface area is 85.0 Å². The van der Waals surface area contributed by atoms with Crippen molar-refractivity contribution in [3.63, 3.8) is 0 Å². The fraction of sp³-hybridized carbons (Fsp3) is 0.167. The number of nitrogens with zero attached hydrogens (tertiary/aromatic N) is 3. The molecule has 2 heterocycles. The zero-order valence-corrected chi connectivity index (χ0v) is 8.45. The van der Waals surface area contributed by atoms with Gasteiger partial charge in [0.1, 0.15) is 5.52 Å². The molecule has 0 atom stereocenters. The number of hydrogen-bond acceptors (Lipinski definition) is 5. The van der Waals surface area contributed by atoms with Crippen LogP contribution in [0.15, 0.2) is 11.5 Å². The highest BCUT2D eigenvalue weighted by Gasteiger charge is 2.05. The fourth-order valence-corrected chi connectivity index (χ4v) is 1.29. The van der Waals surface area contributed by atoms with Crippen molar-refractivity contribution in [2.45, 2.75) is 5.16 Å². The molecule has 0 fully saturated rings. The Morgan fingerprint density at radius 2 is 2.23 bits per heavy atom. The third kappa shape index (κ3) is 1.68. The van der Waals surface area contributed by atoms with Crippen LogP contribution in [0, 0.1) is 0 Å². The van der Waals surface area contributed by atoms with Crippen LogP contribution in [0.25, 0.3) is 11.2 Å². The Hall–Kier alpha value is -1.01. The number of nitrogens with two attached hydrogens (primary N) is 1. The lowest BCUT2D eigenvalue weighted by Gasteiger charge is -1.96. The monoisotopic (exact) mass is 217 g/mol. The maximum Gasteiger partial charge on any atom is 0.191 e. The first kappa shape index (κ1) is 10.1. The Bertz CT molecular complexity index is 414. The summed E-state index contributed by atoms with van der Waals surface area (Å²) in [5.74, 6) is 0.446. The van der Waals surface area contributed by atoms with Gasteiger partial charge in [-0.25, -0.2) is 15.0 Å². The van der Waals surface area contributed by atoms with Gasteiger partial charge in [0, 0.05) is 0 Å². The first-order valence-electron chi connectivity index (χ1n) is 3.32. The maximum atomic E-state index is 5.64. The molecule has 2 aromatic heterocycles. The van der Waals surface area contributed by atoms with E-state index < -0.39 is 0 Å². The molecule has 13 heavy (non-hydrogen) atoms. The van der Waals surface area contributed by atoms with Crippen molar-refractivity contribution in [2.75, 3.05) is 12.0 Å². The van der Waals surface area contributed by atoms with E-state index in [0.717, 1.165) is 0 Å². The predicted molar refractivity (Wildman–Crippen MR) is 55.1 cm³/mol. The minimum Gasteiger partial charge on any atom is -0.382 e. The lowest BCUT2D eigenvalue weighted by atomic mass is 10.5. The number of fused-ring (bicyclic) bond motifs is 1. The second kappa shape index (κ2) is 3.80. The lowest BCUT2D eigenvalue weighted by Crippen LogP contribution is -1.95. The molecule has 0 radical (unpaired) electrons. The summed E-state index contributed by atoms with van der Waals surface area (Å²) in [5, 5.41) is 0.645. The van der Waals surface area contributed by atoms with Crippen LogP contribution in [-0.4, -0.2) is 26.2 Å². The van der Waals surface area contributed by atoms with Gasteiger partial charge in [-0.1, -0.05) is 11.8 Å². The highest BCUT2D eigenvalue weighted by molar-refractivity contribution is 7.98. The molecule has 7 heteroatoms. The molecule has 0 aliphatic carbocycles. The Morgan fingerprint density at radius 1 is 1.46 bits per heavy atom. The number of halogens is 1. The molecule has 5 nitrogen and oxygen atoms in total. The van der Waals surface area contributed by atoms with E-state index in [2.05, 4.69) is 19.9 Å². The lowest BCUT2D eigenvalue weighted by molar-refractivity contribution is 1.01. The van der Waals surface area contributed by atoms with Crippen molar-refractivity contribution < 1.29 is 0 Å².